The fraction of sp³-hybridized carbons (Fsp3) is 0.312. The van der Waals surface area contributed by atoms with Crippen molar-refractivity contribution in [2.75, 3.05) is 5.73 Å². The molecule has 98 valence electrons. The summed E-state index contributed by atoms with van der Waals surface area (Å²) in [5, 5.41) is 3.19. The number of aromatic nitrogens is 1. The highest BCUT2D eigenvalue weighted by molar-refractivity contribution is 7.09. The number of nitrogen functional groups attached to an aromatic ring is 1. The van der Waals surface area contributed by atoms with E-state index in [0.717, 1.165) is 22.0 Å². The summed E-state index contributed by atoms with van der Waals surface area (Å²) in [6, 6.07) is 7.63. The number of anilines is 1. The van der Waals surface area contributed by atoms with E-state index in [1.807, 2.05) is 24.3 Å². The number of hydrogen-bond donors (Lipinski definition) is 1. The number of thiazole rings is 1. The van der Waals surface area contributed by atoms with Gasteiger partial charge in [-0.3, -0.25) is 0 Å². The van der Waals surface area contributed by atoms with Gasteiger partial charge in [0.2, 0.25) is 0 Å². The molecule has 2 N–H and O–H groups in total. The van der Waals surface area contributed by atoms with Crippen molar-refractivity contribution in [3.8, 4) is 11.8 Å². The third-order valence-electron chi connectivity index (χ3n) is 2.68. The molecule has 1 aromatic heterocycles. The minimum atomic E-state index is 0.107. The number of hydrogen-bond acceptors (Lipinski definition) is 3. The van der Waals surface area contributed by atoms with Gasteiger partial charge in [0, 0.05) is 22.0 Å². The van der Waals surface area contributed by atoms with E-state index in [4.69, 9.17) is 5.73 Å². The van der Waals surface area contributed by atoms with Gasteiger partial charge >= 0.3 is 0 Å². The minimum absolute atomic E-state index is 0.107. The summed E-state index contributed by atoms with van der Waals surface area (Å²) < 4.78 is 0. The van der Waals surface area contributed by atoms with Gasteiger partial charge in [-0.05, 0) is 18.2 Å². The smallest absolute Gasteiger partial charge is 0.105 e. The average Bonchev–Trinajstić information content (AvgIpc) is 2.77. The van der Waals surface area contributed by atoms with E-state index in [0.29, 0.717) is 6.42 Å². The molecule has 0 fully saturated rings. The fourth-order valence-electron chi connectivity index (χ4n) is 1.57. The zero-order chi connectivity index (χ0) is 13.9. The molecular weight excluding hydrogens is 252 g/mol. The second-order valence-electron chi connectivity index (χ2n) is 5.48. The summed E-state index contributed by atoms with van der Waals surface area (Å²) in [7, 11) is 0. The van der Waals surface area contributed by atoms with Crippen LogP contribution in [0, 0.1) is 11.8 Å². The summed E-state index contributed by atoms with van der Waals surface area (Å²) >= 11 is 1.68. The number of benzene rings is 1. The van der Waals surface area contributed by atoms with E-state index >= 15 is 0 Å². The molecule has 2 nitrogen and oxygen atoms in total. The minimum Gasteiger partial charge on any atom is -0.399 e. The van der Waals surface area contributed by atoms with Crippen molar-refractivity contribution in [3.63, 3.8) is 0 Å². The Balaban J connectivity index is 2.06. The molecule has 0 saturated carbocycles. The van der Waals surface area contributed by atoms with E-state index in [1.54, 1.807) is 11.3 Å². The van der Waals surface area contributed by atoms with E-state index in [1.165, 1.54) is 0 Å². The highest BCUT2D eigenvalue weighted by Gasteiger charge is 2.16. The Labute approximate surface area is 118 Å². The number of nitrogens with zero attached hydrogens (tertiary/aromatic N) is 1. The molecule has 3 heteroatoms. The Morgan fingerprint density at radius 1 is 1.32 bits per heavy atom. The van der Waals surface area contributed by atoms with Gasteiger partial charge in [0.1, 0.15) is 5.01 Å². The molecule has 0 radical (unpaired) electrons. The van der Waals surface area contributed by atoms with Crippen LogP contribution in [0.1, 0.15) is 37.0 Å². The van der Waals surface area contributed by atoms with Crippen LogP contribution in [-0.4, -0.2) is 4.98 Å². The topological polar surface area (TPSA) is 38.9 Å². The predicted molar refractivity (Wildman–Crippen MR) is 82.3 cm³/mol. The van der Waals surface area contributed by atoms with Crippen LogP contribution in [0.15, 0.2) is 29.6 Å². The molecule has 2 aromatic rings. The zero-order valence-electron chi connectivity index (χ0n) is 11.5. The molecule has 0 amide bonds. The van der Waals surface area contributed by atoms with Crippen LogP contribution < -0.4 is 5.73 Å². The largest absolute Gasteiger partial charge is 0.399 e. The molecule has 2 rings (SSSR count). The SMILES string of the molecule is CC(C)(C)c1csc(CC#Cc2cccc(N)c2)n1. The van der Waals surface area contributed by atoms with E-state index in [-0.39, 0.29) is 5.41 Å². The third-order valence-corrected chi connectivity index (χ3v) is 3.53. The van der Waals surface area contributed by atoms with E-state index in [2.05, 4.69) is 43.0 Å². The maximum absolute atomic E-state index is 5.71. The Hall–Kier alpha value is -1.79. The average molecular weight is 270 g/mol. The highest BCUT2D eigenvalue weighted by Crippen LogP contribution is 2.23. The summed E-state index contributed by atoms with van der Waals surface area (Å²) in [5.41, 5.74) is 8.66. The first-order chi connectivity index (χ1) is 8.95. The van der Waals surface area contributed by atoms with Gasteiger partial charge in [0.05, 0.1) is 12.1 Å². The van der Waals surface area contributed by atoms with Gasteiger partial charge in [0.25, 0.3) is 0 Å². The number of nitrogens with two attached hydrogens (primary N) is 1. The molecule has 1 aromatic carbocycles. The molecule has 19 heavy (non-hydrogen) atoms. The van der Waals surface area contributed by atoms with Crippen LogP contribution in [0.25, 0.3) is 0 Å². The quantitative estimate of drug-likeness (QED) is 0.635. The first-order valence-corrected chi connectivity index (χ1v) is 7.12. The molecular formula is C16H18N2S. The Kier molecular flexibility index (Phi) is 3.92. The van der Waals surface area contributed by atoms with Crippen LogP contribution in [0.2, 0.25) is 0 Å². The lowest BCUT2D eigenvalue weighted by Gasteiger charge is -2.14. The molecule has 0 saturated heterocycles. The van der Waals surface area contributed by atoms with Gasteiger partial charge in [0.15, 0.2) is 0 Å². The lowest BCUT2D eigenvalue weighted by atomic mass is 9.93. The summed E-state index contributed by atoms with van der Waals surface area (Å²) in [5.74, 6) is 6.27. The van der Waals surface area contributed by atoms with Crippen LogP contribution in [0.3, 0.4) is 0 Å². The maximum atomic E-state index is 5.71. The monoisotopic (exact) mass is 270 g/mol. The summed E-state index contributed by atoms with van der Waals surface area (Å²) in [4.78, 5) is 4.62. The van der Waals surface area contributed by atoms with Crippen molar-refractivity contribution in [3.05, 3.63) is 45.9 Å². The molecule has 0 aliphatic carbocycles. The first kappa shape index (κ1) is 13.6. The molecule has 0 unspecified atom stereocenters. The van der Waals surface area contributed by atoms with Crippen LogP contribution >= 0.6 is 11.3 Å². The second kappa shape index (κ2) is 5.46. The Morgan fingerprint density at radius 3 is 2.74 bits per heavy atom. The van der Waals surface area contributed by atoms with Gasteiger partial charge in [-0.2, -0.15) is 0 Å². The highest BCUT2D eigenvalue weighted by atomic mass is 32.1. The molecule has 0 bridgehead atoms. The van der Waals surface area contributed by atoms with Crippen molar-refractivity contribution in [2.45, 2.75) is 32.6 Å². The summed E-state index contributed by atoms with van der Waals surface area (Å²) in [6.45, 7) is 6.51. The van der Waals surface area contributed by atoms with Crippen LogP contribution in [0.5, 0.6) is 0 Å². The van der Waals surface area contributed by atoms with Crippen molar-refractivity contribution < 1.29 is 0 Å². The van der Waals surface area contributed by atoms with Crippen molar-refractivity contribution in [1.82, 2.24) is 4.98 Å². The zero-order valence-corrected chi connectivity index (χ0v) is 12.3. The van der Waals surface area contributed by atoms with Gasteiger partial charge in [-0.1, -0.05) is 38.7 Å². The third kappa shape index (κ3) is 3.84. The molecule has 0 aliphatic heterocycles. The lowest BCUT2D eigenvalue weighted by molar-refractivity contribution is 0.571. The lowest BCUT2D eigenvalue weighted by Crippen LogP contribution is -2.11. The van der Waals surface area contributed by atoms with E-state index < -0.39 is 0 Å². The molecule has 0 atom stereocenters. The van der Waals surface area contributed by atoms with Crippen molar-refractivity contribution in [1.29, 1.82) is 0 Å². The fourth-order valence-corrected chi connectivity index (χ4v) is 2.54. The Morgan fingerprint density at radius 2 is 2.11 bits per heavy atom. The number of rotatable bonds is 1. The van der Waals surface area contributed by atoms with Gasteiger partial charge in [-0.15, -0.1) is 11.3 Å². The second-order valence-corrected chi connectivity index (χ2v) is 6.42. The molecule has 0 spiro atoms. The van der Waals surface area contributed by atoms with Gasteiger partial charge < -0.3 is 5.73 Å². The first-order valence-electron chi connectivity index (χ1n) is 6.24. The molecule has 0 aliphatic rings. The Bertz CT molecular complexity index is 624. The van der Waals surface area contributed by atoms with E-state index in [9.17, 15) is 0 Å². The van der Waals surface area contributed by atoms with Crippen molar-refractivity contribution >= 4 is 17.0 Å². The van der Waals surface area contributed by atoms with Crippen LogP contribution in [-0.2, 0) is 11.8 Å². The summed E-state index contributed by atoms with van der Waals surface area (Å²) in [6.07, 6.45) is 0.690. The van der Waals surface area contributed by atoms with Crippen molar-refractivity contribution in [2.24, 2.45) is 0 Å². The van der Waals surface area contributed by atoms with Crippen LogP contribution in [0.4, 0.5) is 5.69 Å². The molecule has 1 heterocycles. The predicted octanol–water partition coefficient (Wildman–Crippen LogP) is 3.62. The van der Waals surface area contributed by atoms with Gasteiger partial charge in [-0.25, -0.2) is 4.98 Å². The standard InChI is InChI=1S/C16H18N2S/c1-16(2,3)14-11-19-15(18-14)9-5-7-12-6-4-8-13(17)10-12/h4,6,8,10-11H,9,17H2,1-3H3. The normalized spacial score (nSPS) is 10.9. The maximum Gasteiger partial charge on any atom is 0.105 e.